The van der Waals surface area contributed by atoms with Crippen LogP contribution in [-0.4, -0.2) is 0 Å². The van der Waals surface area contributed by atoms with E-state index in [0.29, 0.717) is 6.07 Å². The molecule has 0 aliphatic carbocycles. The van der Waals surface area contributed by atoms with Crippen molar-refractivity contribution in [3.05, 3.63) is 67.8 Å². The minimum Gasteiger partial charge on any atom is -0.206 e. The van der Waals surface area contributed by atoms with Gasteiger partial charge in [-0.15, -0.1) is 0 Å². The van der Waals surface area contributed by atoms with Crippen LogP contribution in [-0.2, 0) is 18.5 Å². The van der Waals surface area contributed by atoms with Gasteiger partial charge in [0, 0.05) is 10.4 Å². The van der Waals surface area contributed by atoms with Gasteiger partial charge in [0.15, 0.2) is 0 Å². The highest BCUT2D eigenvalue weighted by Crippen LogP contribution is 2.41. The van der Waals surface area contributed by atoms with Crippen molar-refractivity contribution in [3.8, 4) is 30.3 Å². The maximum absolute atomic E-state index is 15.0. The third-order valence-electron chi connectivity index (χ3n) is 4.67. The third-order valence-corrected chi connectivity index (χ3v) is 4.67. The molecular formula is C22H3F10N5. The van der Waals surface area contributed by atoms with E-state index in [-0.39, 0.29) is 18.2 Å². The average molecular weight is 527 g/mol. The molecule has 0 amide bonds. The quantitative estimate of drug-likeness (QED) is 0.505. The molecular weight excluding hydrogens is 524 g/mol. The van der Waals surface area contributed by atoms with Crippen LogP contribution in [0.5, 0.6) is 0 Å². The van der Waals surface area contributed by atoms with E-state index in [9.17, 15) is 54.4 Å². The van der Waals surface area contributed by atoms with Gasteiger partial charge < -0.3 is 0 Å². The summed E-state index contributed by atoms with van der Waals surface area (Å²) in [6.45, 7) is 0. The molecule has 15 heteroatoms. The Labute approximate surface area is 198 Å². The van der Waals surface area contributed by atoms with Gasteiger partial charge in [0.25, 0.3) is 0 Å². The number of hydrogen-bond donors (Lipinski definition) is 0. The summed E-state index contributed by atoms with van der Waals surface area (Å²) in [5, 5.41) is 42.5. The number of rotatable bonds is 1. The van der Waals surface area contributed by atoms with Crippen LogP contribution in [0.1, 0.15) is 33.4 Å². The number of benzene rings is 2. The fourth-order valence-electron chi connectivity index (χ4n) is 3.22. The monoisotopic (exact) mass is 527 g/mol. The highest BCUT2D eigenvalue weighted by atomic mass is 19.4. The minimum atomic E-state index is -5.83. The number of alkyl halides is 9. The summed E-state index contributed by atoms with van der Waals surface area (Å²) >= 11 is 0. The zero-order valence-corrected chi connectivity index (χ0v) is 17.2. The van der Waals surface area contributed by atoms with Crippen LogP contribution >= 0.6 is 0 Å². The number of halogens is 10. The van der Waals surface area contributed by atoms with Crippen molar-refractivity contribution in [1.82, 2.24) is 0 Å². The van der Waals surface area contributed by atoms with Gasteiger partial charge in [-0.3, -0.25) is 0 Å². The Balaban J connectivity index is 3.45. The topological polar surface area (TPSA) is 119 Å². The lowest BCUT2D eigenvalue weighted by Gasteiger charge is -2.17. The molecule has 0 saturated carbocycles. The van der Waals surface area contributed by atoms with Gasteiger partial charge in [-0.25, -0.2) is 4.39 Å². The summed E-state index contributed by atoms with van der Waals surface area (Å²) in [5.41, 5.74) is -14.6. The summed E-state index contributed by atoms with van der Waals surface area (Å²) in [6.07, 6.45) is -17.2. The zero-order valence-electron chi connectivity index (χ0n) is 17.2. The van der Waals surface area contributed by atoms with Crippen LogP contribution in [0.25, 0.3) is 11.1 Å². The second-order valence-corrected chi connectivity index (χ2v) is 6.78. The Bertz CT molecular complexity index is 1590. The van der Waals surface area contributed by atoms with E-state index in [1.807, 2.05) is 0 Å². The highest BCUT2D eigenvalue weighted by Gasteiger charge is 2.43. The lowest BCUT2D eigenvalue weighted by molar-refractivity contribution is -0.144. The lowest BCUT2D eigenvalue weighted by atomic mass is 9.90. The molecule has 2 aromatic carbocycles. The van der Waals surface area contributed by atoms with Crippen molar-refractivity contribution in [1.29, 1.82) is 26.3 Å². The van der Waals surface area contributed by atoms with Crippen LogP contribution in [0.3, 0.4) is 0 Å². The molecule has 0 N–H and O–H groups in total. The molecule has 2 rings (SSSR count). The van der Waals surface area contributed by atoms with Gasteiger partial charge in [0.1, 0.15) is 41.2 Å². The molecule has 0 aliphatic heterocycles. The molecule has 0 radical (unpaired) electrons. The molecule has 0 spiro atoms. The smallest absolute Gasteiger partial charge is 0.206 e. The van der Waals surface area contributed by atoms with Crippen molar-refractivity contribution < 1.29 is 43.9 Å². The summed E-state index contributed by atoms with van der Waals surface area (Å²) in [7, 11) is 0. The first kappa shape index (κ1) is 28.2. The first-order valence-corrected chi connectivity index (χ1v) is 8.99. The Morgan fingerprint density at radius 3 is 1.46 bits per heavy atom. The fraction of sp³-hybridized carbons (Fsp3) is 0.136. The van der Waals surface area contributed by atoms with Gasteiger partial charge in [-0.2, -0.15) is 65.8 Å². The van der Waals surface area contributed by atoms with Crippen LogP contribution in [0.4, 0.5) is 43.9 Å². The minimum absolute atomic E-state index is 0.220. The van der Waals surface area contributed by atoms with Crippen molar-refractivity contribution in [2.75, 3.05) is 0 Å². The van der Waals surface area contributed by atoms with Crippen molar-refractivity contribution in [2.24, 2.45) is 0 Å². The zero-order chi connectivity index (χ0) is 28.5. The molecule has 0 aliphatic rings. The standard InChI is InChI=1S/C22H3F10N5/c23-19-12(11(5-34)6-35)1-10(4-33)17(18(19)22(30,31)32)13(7-36)9-2-15(20(24,25)26)14(8-37)16(3-9)21(27,28)29/h1-3H/b17-13-. The largest absolute Gasteiger partial charge is 0.419 e. The lowest BCUT2D eigenvalue weighted by Crippen LogP contribution is -2.32. The Hall–Kier alpha value is -5.07. The molecule has 0 unspecified atom stereocenters. The van der Waals surface area contributed by atoms with Gasteiger partial charge >= 0.3 is 18.5 Å². The molecule has 0 heterocycles. The first-order valence-electron chi connectivity index (χ1n) is 8.99. The van der Waals surface area contributed by atoms with E-state index in [4.69, 9.17) is 15.8 Å². The van der Waals surface area contributed by atoms with E-state index in [1.165, 1.54) is 0 Å². The molecule has 0 saturated heterocycles. The van der Waals surface area contributed by atoms with E-state index >= 15 is 0 Å². The van der Waals surface area contributed by atoms with Gasteiger partial charge in [-0.05, 0) is 23.8 Å². The summed E-state index contributed by atoms with van der Waals surface area (Å²) < 4.78 is 138. The van der Waals surface area contributed by atoms with Crippen LogP contribution in [0, 0.1) is 62.5 Å². The normalized spacial score (nSPS) is 12.4. The average Bonchev–Trinajstić information content (AvgIpc) is 2.78. The highest BCUT2D eigenvalue weighted by molar-refractivity contribution is 5.81. The van der Waals surface area contributed by atoms with Gasteiger partial charge in [0.2, 0.25) is 0 Å². The molecule has 0 aromatic heterocycles. The summed E-state index contributed by atoms with van der Waals surface area (Å²) in [6, 6.07) is 4.73. The van der Waals surface area contributed by atoms with Crippen LogP contribution in [0.15, 0.2) is 18.2 Å². The van der Waals surface area contributed by atoms with Crippen molar-refractivity contribution in [2.45, 2.75) is 18.5 Å². The van der Waals surface area contributed by atoms with Gasteiger partial charge in [-0.1, -0.05) is 0 Å². The molecule has 186 valence electrons. The second-order valence-electron chi connectivity index (χ2n) is 6.78. The number of hydrogen-bond acceptors (Lipinski definition) is 5. The summed E-state index contributed by atoms with van der Waals surface area (Å²) in [5.74, 6) is -2.38. The second kappa shape index (κ2) is 9.53. The molecule has 2 aromatic rings. The Kier molecular flexibility index (Phi) is 7.25. The van der Waals surface area contributed by atoms with Crippen LogP contribution < -0.4 is 10.4 Å². The van der Waals surface area contributed by atoms with Crippen molar-refractivity contribution in [3.63, 3.8) is 0 Å². The molecule has 37 heavy (non-hydrogen) atoms. The molecule has 0 fully saturated rings. The first-order chi connectivity index (χ1) is 17.0. The number of nitrogens with zero attached hydrogens (tertiary/aromatic N) is 5. The molecule has 0 bridgehead atoms. The third kappa shape index (κ3) is 5.15. The van der Waals surface area contributed by atoms with E-state index in [1.54, 1.807) is 0 Å². The predicted molar refractivity (Wildman–Crippen MR) is 99.3 cm³/mol. The maximum atomic E-state index is 15.0. The predicted octanol–water partition coefficient (Wildman–Crippen LogP) is 4.55. The molecule has 5 nitrogen and oxygen atoms in total. The van der Waals surface area contributed by atoms with E-state index in [0.717, 1.165) is 24.3 Å². The maximum Gasteiger partial charge on any atom is 0.419 e. The fourth-order valence-corrected chi connectivity index (χ4v) is 3.22. The van der Waals surface area contributed by atoms with E-state index in [2.05, 4.69) is 0 Å². The Morgan fingerprint density at radius 1 is 0.649 bits per heavy atom. The number of nitriles is 5. The van der Waals surface area contributed by atoms with Crippen molar-refractivity contribution >= 4 is 11.1 Å². The molecule has 0 atom stereocenters. The van der Waals surface area contributed by atoms with Crippen LogP contribution in [0.2, 0.25) is 0 Å². The van der Waals surface area contributed by atoms with E-state index < -0.39 is 79.3 Å². The SMILES string of the molecule is N#CC(C#N)=c1cc(C#N)/c(=C(\C#N)c2cc(C(F)(F)F)c(C#N)c(C(F)(F)F)c2)c(C(F)(F)F)c1F. The van der Waals surface area contributed by atoms with Gasteiger partial charge in [0.05, 0.1) is 33.9 Å². The summed E-state index contributed by atoms with van der Waals surface area (Å²) in [4.78, 5) is 0. The Morgan fingerprint density at radius 2 is 1.14 bits per heavy atom.